The van der Waals surface area contributed by atoms with Gasteiger partial charge < -0.3 is 10.5 Å². The van der Waals surface area contributed by atoms with Gasteiger partial charge in [0.05, 0.1) is 7.11 Å². The molecule has 78 valence electrons. The topological polar surface area (TPSA) is 35.2 Å². The van der Waals surface area contributed by atoms with Crippen LogP contribution < -0.4 is 10.5 Å². The maximum Gasteiger partial charge on any atom is 0.119 e. The summed E-state index contributed by atoms with van der Waals surface area (Å²) in [6.07, 6.45) is 1.24. The quantitative estimate of drug-likeness (QED) is 0.836. The number of methoxy groups -OCH3 is 1. The van der Waals surface area contributed by atoms with Crippen LogP contribution in [0.1, 0.15) is 17.9 Å². The van der Waals surface area contributed by atoms with Crippen LogP contribution in [0.4, 0.5) is 0 Å². The van der Waals surface area contributed by atoms with Crippen molar-refractivity contribution in [2.24, 2.45) is 11.7 Å². The van der Waals surface area contributed by atoms with Crippen LogP contribution in [0.3, 0.4) is 0 Å². The summed E-state index contributed by atoms with van der Waals surface area (Å²) in [5.41, 5.74) is 6.97. The lowest BCUT2D eigenvalue weighted by atomic mass is 10.1. The second-order valence-corrected chi connectivity index (χ2v) is 3.61. The molecule has 0 spiro atoms. The average molecular weight is 214 g/mol. The molecule has 2 rings (SSSR count). The molecule has 2 atom stereocenters. The fourth-order valence-electron chi connectivity index (χ4n) is 1.79. The highest BCUT2D eigenvalue weighted by Crippen LogP contribution is 2.47. The van der Waals surface area contributed by atoms with Gasteiger partial charge in [-0.15, -0.1) is 12.4 Å². The third kappa shape index (κ3) is 2.20. The molecule has 2 N–H and O–H groups in total. The van der Waals surface area contributed by atoms with Crippen molar-refractivity contribution in [1.29, 1.82) is 0 Å². The predicted octanol–water partition coefficient (Wildman–Crippen LogP) is 2.18. The van der Waals surface area contributed by atoms with E-state index in [1.54, 1.807) is 7.11 Å². The molecule has 1 saturated carbocycles. The van der Waals surface area contributed by atoms with Crippen molar-refractivity contribution in [3.8, 4) is 5.75 Å². The first-order valence-corrected chi connectivity index (χ1v) is 4.69. The zero-order valence-corrected chi connectivity index (χ0v) is 9.09. The highest BCUT2D eigenvalue weighted by atomic mass is 35.5. The van der Waals surface area contributed by atoms with Gasteiger partial charge in [0.25, 0.3) is 0 Å². The smallest absolute Gasteiger partial charge is 0.119 e. The molecule has 0 amide bonds. The minimum absolute atomic E-state index is 0. The van der Waals surface area contributed by atoms with Crippen molar-refractivity contribution in [3.05, 3.63) is 29.8 Å². The lowest BCUT2D eigenvalue weighted by molar-refractivity contribution is 0.414. The van der Waals surface area contributed by atoms with E-state index in [4.69, 9.17) is 10.5 Å². The Bertz CT molecular complexity index is 303. The lowest BCUT2D eigenvalue weighted by Gasteiger charge is -2.02. The summed E-state index contributed by atoms with van der Waals surface area (Å²) >= 11 is 0. The Labute approximate surface area is 90.9 Å². The molecule has 1 fully saturated rings. The van der Waals surface area contributed by atoms with Crippen molar-refractivity contribution >= 4 is 12.4 Å². The van der Waals surface area contributed by atoms with E-state index in [2.05, 4.69) is 12.1 Å². The highest BCUT2D eigenvalue weighted by Gasteiger charge is 2.36. The molecule has 0 aromatic heterocycles. The number of halogens is 1. The molecule has 0 aliphatic heterocycles. The molecule has 1 aromatic carbocycles. The number of hydrogen-bond acceptors (Lipinski definition) is 2. The van der Waals surface area contributed by atoms with Crippen molar-refractivity contribution < 1.29 is 4.74 Å². The second kappa shape index (κ2) is 4.67. The number of rotatable bonds is 3. The first-order valence-electron chi connectivity index (χ1n) is 4.69. The van der Waals surface area contributed by atoms with Crippen molar-refractivity contribution in [2.75, 3.05) is 13.7 Å². The van der Waals surface area contributed by atoms with E-state index in [-0.39, 0.29) is 12.4 Å². The predicted molar refractivity (Wildman–Crippen MR) is 60.1 cm³/mol. The van der Waals surface area contributed by atoms with Gasteiger partial charge in [-0.3, -0.25) is 0 Å². The fourth-order valence-corrected chi connectivity index (χ4v) is 1.79. The summed E-state index contributed by atoms with van der Waals surface area (Å²) < 4.78 is 5.17. The van der Waals surface area contributed by atoms with Crippen LogP contribution in [0.15, 0.2) is 24.3 Å². The maximum absolute atomic E-state index is 5.60. The van der Waals surface area contributed by atoms with Crippen LogP contribution in [0.5, 0.6) is 5.75 Å². The molecule has 0 radical (unpaired) electrons. The fraction of sp³-hybridized carbons (Fsp3) is 0.455. The Morgan fingerprint density at radius 3 is 2.86 bits per heavy atom. The standard InChI is InChI=1S/C11H15NO.ClH/c1-13-10-4-2-3-8(5-10)11-6-9(11)7-12;/h2-5,9,11H,6-7,12H2,1H3;1H. The minimum Gasteiger partial charge on any atom is -0.497 e. The van der Waals surface area contributed by atoms with E-state index in [0.29, 0.717) is 11.8 Å². The van der Waals surface area contributed by atoms with Crippen LogP contribution in [0, 0.1) is 5.92 Å². The molecule has 2 nitrogen and oxygen atoms in total. The molecule has 1 aliphatic rings. The van der Waals surface area contributed by atoms with Gasteiger partial charge in [-0.1, -0.05) is 12.1 Å². The molecular weight excluding hydrogens is 198 g/mol. The number of nitrogens with two attached hydrogens (primary N) is 1. The van der Waals surface area contributed by atoms with Crippen molar-refractivity contribution in [1.82, 2.24) is 0 Å². The van der Waals surface area contributed by atoms with E-state index in [1.165, 1.54) is 12.0 Å². The van der Waals surface area contributed by atoms with Crippen LogP contribution in [0.25, 0.3) is 0 Å². The van der Waals surface area contributed by atoms with Crippen LogP contribution >= 0.6 is 12.4 Å². The third-order valence-electron chi connectivity index (χ3n) is 2.75. The van der Waals surface area contributed by atoms with Crippen molar-refractivity contribution in [2.45, 2.75) is 12.3 Å². The Morgan fingerprint density at radius 1 is 1.50 bits per heavy atom. The molecule has 1 aromatic rings. The summed E-state index contributed by atoms with van der Waals surface area (Å²) in [5.74, 6) is 2.33. The molecule has 3 heteroatoms. The highest BCUT2D eigenvalue weighted by molar-refractivity contribution is 5.85. The largest absolute Gasteiger partial charge is 0.497 e. The van der Waals surface area contributed by atoms with Gasteiger partial charge in [0.2, 0.25) is 0 Å². The number of ether oxygens (including phenoxy) is 1. The third-order valence-corrected chi connectivity index (χ3v) is 2.75. The van der Waals surface area contributed by atoms with Crippen LogP contribution in [-0.4, -0.2) is 13.7 Å². The van der Waals surface area contributed by atoms with E-state index in [1.807, 2.05) is 12.1 Å². The van der Waals surface area contributed by atoms with E-state index < -0.39 is 0 Å². The van der Waals surface area contributed by atoms with Crippen LogP contribution in [0.2, 0.25) is 0 Å². The molecule has 0 saturated heterocycles. The van der Waals surface area contributed by atoms with Crippen LogP contribution in [-0.2, 0) is 0 Å². The summed E-state index contributed by atoms with van der Waals surface area (Å²) in [6, 6.07) is 8.28. The summed E-state index contributed by atoms with van der Waals surface area (Å²) in [5, 5.41) is 0. The summed E-state index contributed by atoms with van der Waals surface area (Å²) in [7, 11) is 1.70. The van der Waals surface area contributed by atoms with Gasteiger partial charge in [-0.25, -0.2) is 0 Å². The van der Waals surface area contributed by atoms with Gasteiger partial charge in [0.15, 0.2) is 0 Å². The zero-order chi connectivity index (χ0) is 9.26. The van der Waals surface area contributed by atoms with E-state index >= 15 is 0 Å². The van der Waals surface area contributed by atoms with E-state index in [0.717, 1.165) is 12.3 Å². The molecule has 1 aliphatic carbocycles. The number of hydrogen-bond donors (Lipinski definition) is 1. The molecule has 2 unspecified atom stereocenters. The molecule has 14 heavy (non-hydrogen) atoms. The molecule has 0 bridgehead atoms. The van der Waals surface area contributed by atoms with E-state index in [9.17, 15) is 0 Å². The van der Waals surface area contributed by atoms with Gasteiger partial charge in [-0.05, 0) is 42.5 Å². The maximum atomic E-state index is 5.60. The first-order chi connectivity index (χ1) is 6.35. The van der Waals surface area contributed by atoms with Gasteiger partial charge >= 0.3 is 0 Å². The van der Waals surface area contributed by atoms with Crippen molar-refractivity contribution in [3.63, 3.8) is 0 Å². The SMILES string of the molecule is COc1cccc(C2CC2CN)c1.Cl. The first kappa shape index (κ1) is 11.3. The van der Waals surface area contributed by atoms with Gasteiger partial charge in [-0.2, -0.15) is 0 Å². The molecule has 0 heterocycles. The van der Waals surface area contributed by atoms with Gasteiger partial charge in [0.1, 0.15) is 5.75 Å². The summed E-state index contributed by atoms with van der Waals surface area (Å²) in [6.45, 7) is 0.807. The zero-order valence-electron chi connectivity index (χ0n) is 8.27. The Hall–Kier alpha value is -0.730. The lowest BCUT2D eigenvalue weighted by Crippen LogP contribution is -2.01. The summed E-state index contributed by atoms with van der Waals surface area (Å²) in [4.78, 5) is 0. The minimum atomic E-state index is 0. The monoisotopic (exact) mass is 213 g/mol. The Balaban J connectivity index is 0.000000980. The normalized spacial score (nSPS) is 23.9. The van der Waals surface area contributed by atoms with Gasteiger partial charge in [0, 0.05) is 0 Å². The Morgan fingerprint density at radius 2 is 2.29 bits per heavy atom. The average Bonchev–Trinajstić information content (AvgIpc) is 2.97. The Kier molecular flexibility index (Phi) is 3.78. The molecular formula is C11H16ClNO. The second-order valence-electron chi connectivity index (χ2n) is 3.61. The number of benzene rings is 1.